The molecule has 3 nitrogen and oxygen atoms in total. The summed E-state index contributed by atoms with van der Waals surface area (Å²) in [4.78, 5) is 10.6. The number of rotatable bonds is 2. The van der Waals surface area contributed by atoms with Gasteiger partial charge in [0.05, 0.1) is 0 Å². The fraction of sp³-hybridized carbons (Fsp3) is 0.462. The second-order valence-corrected chi connectivity index (χ2v) is 4.32. The maximum absolute atomic E-state index is 10.6. The van der Waals surface area contributed by atoms with Gasteiger partial charge in [0.2, 0.25) is 0 Å². The van der Waals surface area contributed by atoms with Gasteiger partial charge in [0, 0.05) is 0 Å². The van der Waals surface area contributed by atoms with Crippen LogP contribution in [0.2, 0.25) is 0 Å². The van der Waals surface area contributed by atoms with Gasteiger partial charge in [0.15, 0.2) is 0 Å². The van der Waals surface area contributed by atoms with Crippen LogP contribution in [0.15, 0.2) is 30.3 Å². The predicted octanol–water partition coefficient (Wildman–Crippen LogP) is 2.81. The van der Waals surface area contributed by atoms with Crippen LogP contribution in [-0.2, 0) is 4.74 Å². The molecule has 0 aromatic heterocycles. The van der Waals surface area contributed by atoms with Gasteiger partial charge >= 0.3 is 6.09 Å². The van der Waals surface area contributed by atoms with Crippen LogP contribution in [0, 0.1) is 0 Å². The molecule has 0 spiro atoms. The minimum Gasteiger partial charge on any atom is -0.446 e. The molecule has 86 valence electrons. The molecule has 0 bridgehead atoms. The van der Waals surface area contributed by atoms with Gasteiger partial charge < -0.3 is 10.5 Å². The third-order valence-electron chi connectivity index (χ3n) is 3.23. The first-order chi connectivity index (χ1) is 7.75. The Labute approximate surface area is 95.6 Å². The van der Waals surface area contributed by atoms with Crippen molar-refractivity contribution >= 4 is 6.09 Å². The Morgan fingerprint density at radius 2 is 1.75 bits per heavy atom. The highest BCUT2D eigenvalue weighted by molar-refractivity contribution is 5.64. The Morgan fingerprint density at radius 1 is 1.12 bits per heavy atom. The number of hydrogen-bond donors (Lipinski definition) is 1. The van der Waals surface area contributed by atoms with E-state index in [1.165, 1.54) is 5.56 Å². The minimum absolute atomic E-state index is 0.0254. The summed E-state index contributed by atoms with van der Waals surface area (Å²) in [7, 11) is 0. The van der Waals surface area contributed by atoms with E-state index in [1.807, 2.05) is 6.07 Å². The standard InChI is InChI=1S/C13H17NO2/c14-13(15)16-12-8-6-11(7-9-12)10-4-2-1-3-5-10/h1-5,11-12H,6-9H2,(H2,14,15)/t11-,12+. The number of benzene rings is 1. The maximum atomic E-state index is 10.6. The van der Waals surface area contributed by atoms with Crippen molar-refractivity contribution in [3.05, 3.63) is 35.9 Å². The van der Waals surface area contributed by atoms with Gasteiger partial charge in [-0.05, 0) is 37.2 Å². The number of hydrogen-bond acceptors (Lipinski definition) is 2. The van der Waals surface area contributed by atoms with Crippen molar-refractivity contribution in [2.45, 2.75) is 37.7 Å². The highest BCUT2D eigenvalue weighted by Gasteiger charge is 2.23. The van der Waals surface area contributed by atoms with Crippen molar-refractivity contribution in [2.75, 3.05) is 0 Å². The molecule has 1 aliphatic rings. The molecule has 0 aliphatic heterocycles. The van der Waals surface area contributed by atoms with Gasteiger partial charge in [0.1, 0.15) is 6.10 Å². The minimum atomic E-state index is -0.650. The van der Waals surface area contributed by atoms with Gasteiger partial charge in [-0.3, -0.25) is 0 Å². The normalized spacial score (nSPS) is 25.0. The molecule has 1 aromatic rings. The number of amides is 1. The van der Waals surface area contributed by atoms with E-state index in [1.54, 1.807) is 0 Å². The summed E-state index contributed by atoms with van der Waals surface area (Å²) < 4.78 is 5.01. The molecule has 0 saturated heterocycles. The van der Waals surface area contributed by atoms with E-state index in [0.29, 0.717) is 5.92 Å². The van der Waals surface area contributed by atoms with Crippen LogP contribution in [0.3, 0.4) is 0 Å². The molecule has 16 heavy (non-hydrogen) atoms. The zero-order chi connectivity index (χ0) is 11.4. The van der Waals surface area contributed by atoms with Gasteiger partial charge in [-0.25, -0.2) is 4.79 Å². The quantitative estimate of drug-likeness (QED) is 0.831. The number of nitrogens with two attached hydrogens (primary N) is 1. The smallest absolute Gasteiger partial charge is 0.404 e. The van der Waals surface area contributed by atoms with Gasteiger partial charge in [-0.15, -0.1) is 0 Å². The van der Waals surface area contributed by atoms with Crippen molar-refractivity contribution in [3.63, 3.8) is 0 Å². The molecular formula is C13H17NO2. The number of carbonyl (C=O) groups excluding carboxylic acids is 1. The Morgan fingerprint density at radius 3 is 2.31 bits per heavy atom. The van der Waals surface area contributed by atoms with Gasteiger partial charge in [0.25, 0.3) is 0 Å². The van der Waals surface area contributed by atoms with Crippen molar-refractivity contribution in [1.29, 1.82) is 0 Å². The first-order valence-corrected chi connectivity index (χ1v) is 5.76. The number of carbonyl (C=O) groups is 1. The zero-order valence-electron chi connectivity index (χ0n) is 9.26. The SMILES string of the molecule is NC(=O)O[C@H]1CC[C@@H](c2ccccc2)CC1. The van der Waals surface area contributed by atoms with Crippen molar-refractivity contribution in [3.8, 4) is 0 Å². The molecule has 0 atom stereocenters. The first-order valence-electron chi connectivity index (χ1n) is 5.76. The lowest BCUT2D eigenvalue weighted by Gasteiger charge is -2.28. The van der Waals surface area contributed by atoms with Crippen LogP contribution in [0.5, 0.6) is 0 Å². The second kappa shape index (κ2) is 5.01. The van der Waals surface area contributed by atoms with Crippen LogP contribution in [0.25, 0.3) is 0 Å². The van der Waals surface area contributed by atoms with Crippen molar-refractivity contribution in [2.24, 2.45) is 5.73 Å². The summed E-state index contributed by atoms with van der Waals surface area (Å²) >= 11 is 0. The average molecular weight is 219 g/mol. The van der Waals surface area contributed by atoms with E-state index in [4.69, 9.17) is 10.5 Å². The van der Waals surface area contributed by atoms with E-state index in [0.717, 1.165) is 25.7 Å². The Hall–Kier alpha value is -1.51. The van der Waals surface area contributed by atoms with Crippen LogP contribution in [0.1, 0.15) is 37.2 Å². The molecule has 1 aromatic carbocycles. The highest BCUT2D eigenvalue weighted by atomic mass is 16.6. The van der Waals surface area contributed by atoms with Crippen molar-refractivity contribution in [1.82, 2.24) is 0 Å². The third kappa shape index (κ3) is 2.75. The van der Waals surface area contributed by atoms with Crippen LogP contribution in [-0.4, -0.2) is 12.2 Å². The fourth-order valence-corrected chi connectivity index (χ4v) is 2.40. The van der Waals surface area contributed by atoms with Gasteiger partial charge in [-0.1, -0.05) is 30.3 Å². The summed E-state index contributed by atoms with van der Waals surface area (Å²) in [5, 5.41) is 0. The van der Waals surface area contributed by atoms with E-state index in [-0.39, 0.29) is 6.10 Å². The molecule has 2 N–H and O–H groups in total. The number of primary amides is 1. The maximum Gasteiger partial charge on any atom is 0.404 e. The average Bonchev–Trinajstić information content (AvgIpc) is 2.30. The molecule has 1 saturated carbocycles. The summed E-state index contributed by atoms with van der Waals surface area (Å²) in [6.45, 7) is 0. The lowest BCUT2D eigenvalue weighted by atomic mass is 9.83. The lowest BCUT2D eigenvalue weighted by molar-refractivity contribution is 0.0787. The lowest BCUT2D eigenvalue weighted by Crippen LogP contribution is -2.26. The van der Waals surface area contributed by atoms with Crippen molar-refractivity contribution < 1.29 is 9.53 Å². The predicted molar refractivity (Wildman–Crippen MR) is 62.1 cm³/mol. The third-order valence-corrected chi connectivity index (χ3v) is 3.23. The molecule has 1 fully saturated rings. The van der Waals surface area contributed by atoms with Crippen LogP contribution in [0.4, 0.5) is 4.79 Å². The highest BCUT2D eigenvalue weighted by Crippen LogP contribution is 2.33. The first kappa shape index (κ1) is 11.0. The molecule has 0 radical (unpaired) electrons. The second-order valence-electron chi connectivity index (χ2n) is 4.32. The van der Waals surface area contributed by atoms with E-state index in [9.17, 15) is 4.79 Å². The molecule has 1 aliphatic carbocycles. The fourth-order valence-electron chi connectivity index (χ4n) is 2.40. The largest absolute Gasteiger partial charge is 0.446 e. The zero-order valence-corrected chi connectivity index (χ0v) is 9.26. The van der Waals surface area contributed by atoms with Crippen LogP contribution < -0.4 is 5.73 Å². The van der Waals surface area contributed by atoms with Gasteiger partial charge in [-0.2, -0.15) is 0 Å². The Kier molecular flexibility index (Phi) is 3.44. The van der Waals surface area contributed by atoms with E-state index < -0.39 is 6.09 Å². The summed E-state index contributed by atoms with van der Waals surface area (Å²) in [6.07, 6.45) is 3.36. The summed E-state index contributed by atoms with van der Waals surface area (Å²) in [5.74, 6) is 0.605. The Bertz CT molecular complexity index is 342. The summed E-state index contributed by atoms with van der Waals surface area (Å²) in [5.41, 5.74) is 6.40. The monoisotopic (exact) mass is 219 g/mol. The van der Waals surface area contributed by atoms with E-state index in [2.05, 4.69) is 24.3 Å². The molecule has 1 amide bonds. The topological polar surface area (TPSA) is 52.3 Å². The summed E-state index contributed by atoms with van der Waals surface area (Å²) in [6, 6.07) is 10.5. The van der Waals surface area contributed by atoms with Crippen LogP contribution >= 0.6 is 0 Å². The van der Waals surface area contributed by atoms with E-state index >= 15 is 0 Å². The molecular weight excluding hydrogens is 202 g/mol. The molecule has 0 heterocycles. The number of ether oxygens (including phenoxy) is 1. The molecule has 3 heteroatoms. The Balaban J connectivity index is 1.88. The molecule has 0 unspecified atom stereocenters. The molecule has 2 rings (SSSR count).